The zero-order chi connectivity index (χ0) is 57.7. The van der Waals surface area contributed by atoms with Crippen molar-refractivity contribution < 1.29 is 42.0 Å². The third-order valence-corrected chi connectivity index (χ3v) is 22.2. The van der Waals surface area contributed by atoms with E-state index in [0.29, 0.717) is 58.9 Å². The van der Waals surface area contributed by atoms with Gasteiger partial charge in [-0.05, 0) is 112 Å². The van der Waals surface area contributed by atoms with E-state index < -0.39 is 57.3 Å². The van der Waals surface area contributed by atoms with E-state index >= 15 is 4.79 Å². The first-order valence-electron chi connectivity index (χ1n) is 27.7. The summed E-state index contributed by atoms with van der Waals surface area (Å²) in [5, 5.41) is 15.4. The summed E-state index contributed by atoms with van der Waals surface area (Å²) in [6.07, 6.45) is -1.07. The molecule has 1 amide bonds. The molecule has 0 spiro atoms. The second-order valence-electron chi connectivity index (χ2n) is 22.5. The summed E-state index contributed by atoms with van der Waals surface area (Å²) in [6, 6.07) is 45.7. The van der Waals surface area contributed by atoms with Gasteiger partial charge in [-0.15, -0.1) is 0 Å². The summed E-state index contributed by atoms with van der Waals surface area (Å²) in [6.45, 7) is 19.3. The number of aromatic nitrogens is 4. The van der Waals surface area contributed by atoms with E-state index in [1.165, 1.54) is 6.33 Å². The Bertz CT molecular complexity index is 3250. The molecule has 0 saturated carbocycles. The molecule has 1 unspecified atom stereocenters. The van der Waals surface area contributed by atoms with E-state index in [-0.39, 0.29) is 43.3 Å². The van der Waals surface area contributed by atoms with Crippen molar-refractivity contribution in [1.82, 2.24) is 24.4 Å². The van der Waals surface area contributed by atoms with Gasteiger partial charge >= 0.3 is 0 Å². The van der Waals surface area contributed by atoms with E-state index in [1.807, 2.05) is 115 Å². The number of Topliss-reactive ketones (excluding diaryl/α,β-unsaturated/α-hetero) is 1. The largest absolute Gasteiger partial charge is 0.497 e. The van der Waals surface area contributed by atoms with Gasteiger partial charge in [0.05, 0.1) is 51.0 Å². The number of benzene rings is 5. The van der Waals surface area contributed by atoms with Gasteiger partial charge in [0.15, 0.2) is 14.0 Å². The van der Waals surface area contributed by atoms with Crippen LogP contribution in [0.3, 0.4) is 0 Å². The molecule has 0 N–H and O–H groups in total. The molecular formula is C63H74N7O9PSi. The van der Waals surface area contributed by atoms with Crippen LogP contribution >= 0.6 is 8.53 Å². The van der Waals surface area contributed by atoms with Gasteiger partial charge in [-0.2, -0.15) is 10.4 Å². The average molecular weight is 1130 g/mol. The van der Waals surface area contributed by atoms with Crippen molar-refractivity contribution in [3.05, 3.63) is 179 Å². The van der Waals surface area contributed by atoms with E-state index in [4.69, 9.17) is 47.5 Å². The maximum Gasteiger partial charge on any atom is 0.259 e. The number of carbonyl (C=O) groups excluding carboxylic acids is 2. The minimum atomic E-state index is -3.03. The maximum absolute atomic E-state index is 16.8. The fourth-order valence-corrected chi connectivity index (χ4v) is 13.7. The van der Waals surface area contributed by atoms with Crippen molar-refractivity contribution in [3.63, 3.8) is 0 Å². The number of amides is 1. The average Bonchev–Trinajstić information content (AvgIpc) is 3.90. The lowest BCUT2D eigenvalue weighted by atomic mass is 9.80. The Hall–Kier alpha value is -6.71. The highest BCUT2D eigenvalue weighted by molar-refractivity contribution is 7.44. The fourth-order valence-electron chi connectivity index (χ4n) is 10.7. The lowest BCUT2D eigenvalue weighted by Crippen LogP contribution is -2.58. The zero-order valence-corrected chi connectivity index (χ0v) is 50.1. The molecule has 1 saturated heterocycles. The Morgan fingerprint density at radius 1 is 0.802 bits per heavy atom. The van der Waals surface area contributed by atoms with Crippen molar-refractivity contribution >= 4 is 45.4 Å². The molecule has 2 aliphatic heterocycles. The summed E-state index contributed by atoms with van der Waals surface area (Å²) < 4.78 is 53.0. The highest BCUT2D eigenvalue weighted by atomic mass is 31.2. The molecule has 1 fully saturated rings. The van der Waals surface area contributed by atoms with Crippen molar-refractivity contribution in [1.29, 1.82) is 5.26 Å². The molecule has 0 aliphatic carbocycles. The Morgan fingerprint density at radius 3 is 1.90 bits per heavy atom. The molecule has 0 radical (unpaired) electrons. The summed E-state index contributed by atoms with van der Waals surface area (Å²) in [7, 11) is -1.81. The molecule has 81 heavy (non-hydrogen) atoms. The predicted molar refractivity (Wildman–Crippen MR) is 316 cm³/mol. The van der Waals surface area contributed by atoms with Crippen molar-refractivity contribution in [2.75, 3.05) is 38.9 Å². The van der Waals surface area contributed by atoms with Crippen LogP contribution in [0.4, 0.5) is 5.82 Å². The number of hydrogen-bond acceptors (Lipinski definition) is 14. The lowest BCUT2D eigenvalue weighted by molar-refractivity contribution is -0.133. The van der Waals surface area contributed by atoms with Crippen molar-refractivity contribution in [3.8, 4) is 17.6 Å². The molecule has 2 aliphatic rings. The monoisotopic (exact) mass is 1130 g/mol. The van der Waals surface area contributed by atoms with Gasteiger partial charge in [-0.3, -0.25) is 14.5 Å². The highest BCUT2D eigenvalue weighted by Gasteiger charge is 2.67. The smallest absolute Gasteiger partial charge is 0.259 e. The van der Waals surface area contributed by atoms with Gasteiger partial charge in [0.25, 0.3) is 20.2 Å². The number of methoxy groups -OCH3 is 2. The minimum absolute atomic E-state index is 0.0752. The molecule has 4 heterocycles. The number of hydrogen-bond donors (Lipinski definition) is 0. The van der Waals surface area contributed by atoms with Crippen LogP contribution in [0.5, 0.6) is 11.5 Å². The first-order chi connectivity index (χ1) is 38.9. The molecule has 0 bridgehead atoms. The highest BCUT2D eigenvalue weighted by Crippen LogP contribution is 2.55. The third-order valence-electron chi connectivity index (χ3n) is 15.6. The lowest BCUT2D eigenvalue weighted by Gasteiger charge is -2.44. The van der Waals surface area contributed by atoms with Gasteiger partial charge in [-0.25, -0.2) is 19.3 Å². The summed E-state index contributed by atoms with van der Waals surface area (Å²) >= 11 is 0. The zero-order valence-electron chi connectivity index (χ0n) is 48.2. The number of rotatable bonds is 22. The van der Waals surface area contributed by atoms with Gasteiger partial charge in [-0.1, -0.05) is 124 Å². The molecule has 9 rings (SSSR count). The van der Waals surface area contributed by atoms with Crippen LogP contribution in [0, 0.1) is 11.3 Å². The van der Waals surface area contributed by atoms with E-state index in [9.17, 15) is 10.1 Å². The molecule has 16 nitrogen and oxygen atoms in total. The van der Waals surface area contributed by atoms with E-state index in [2.05, 4.69) is 72.3 Å². The van der Waals surface area contributed by atoms with Crippen LogP contribution in [0.15, 0.2) is 146 Å². The van der Waals surface area contributed by atoms with Gasteiger partial charge in [0.2, 0.25) is 5.78 Å². The second kappa shape index (κ2) is 24.8. The first-order valence-corrected chi connectivity index (χ1v) is 31.7. The Labute approximate surface area is 478 Å². The molecule has 7 aromatic rings. The summed E-state index contributed by atoms with van der Waals surface area (Å²) in [4.78, 5) is 42.8. The standard InChI is InChI=1S/C63H74N7O9PSi/c1-43(2)69(44(3)4)80(76-40-22-38-64)78-55-53(41-75-62(47-27-19-14-20-28-47,48-30-34-50(73-8)35-31-48)49-32-36-51(74-9)37-33-49)77-63(56(71)45-23-15-12-16-24-45,57(55)79-81(10,11)61(5,6)7)70-59-54-52(67-70)29-21-39-68(58(54)65-42-66-59)60(72)46-25-17-13-18-26-46/h12-20,23-28,30-37,42-44,53,55,57H,21-22,29,39-41H2,1-11H3/t53-,55-,57-,63-,80?/m1/s1. The predicted octanol–water partition coefficient (Wildman–Crippen LogP) is 12.4. The van der Waals surface area contributed by atoms with Gasteiger partial charge < -0.3 is 32.4 Å². The van der Waals surface area contributed by atoms with Crippen LogP contribution < -0.4 is 14.4 Å². The number of nitriles is 1. The van der Waals surface area contributed by atoms with E-state index in [1.54, 1.807) is 48.1 Å². The van der Waals surface area contributed by atoms with Crippen LogP contribution in [0.2, 0.25) is 18.1 Å². The molecule has 424 valence electrons. The van der Waals surface area contributed by atoms with Gasteiger partial charge in [0.1, 0.15) is 47.6 Å². The normalized spacial score (nSPS) is 19.0. The summed E-state index contributed by atoms with van der Waals surface area (Å²) in [5.74, 6) is 0.994. The Balaban J connectivity index is 1.34. The number of nitrogens with zero attached hydrogens (tertiary/aromatic N) is 7. The number of ketones is 1. The Kier molecular flexibility index (Phi) is 18.0. The summed E-state index contributed by atoms with van der Waals surface area (Å²) in [5.41, 5.74) is 0.517. The molecule has 5 aromatic carbocycles. The molecule has 18 heteroatoms. The van der Waals surface area contributed by atoms with E-state index in [0.717, 1.165) is 16.7 Å². The maximum atomic E-state index is 16.8. The number of carbonyl (C=O) groups is 2. The molecule has 2 aromatic heterocycles. The minimum Gasteiger partial charge on any atom is -0.497 e. The van der Waals surface area contributed by atoms with Gasteiger partial charge in [0, 0.05) is 29.8 Å². The SMILES string of the molecule is COc1ccc(C(OC[C@H]2O[C@@](C(=O)c3ccccc3)(n3nc4c5c(ncnc53)N(C(=O)c3ccccc3)CCC4)[C@H](O[Si](C)(C)C(C)(C)C)[C@@H]2OP(OCCC#N)N(C(C)C)C(C)C)(c2ccccc2)c2ccc(OC)cc2)cc1. The first kappa shape index (κ1) is 58.9. The van der Waals surface area contributed by atoms with Crippen molar-refractivity contribution in [2.24, 2.45) is 0 Å². The Morgan fingerprint density at radius 2 is 1.36 bits per heavy atom. The van der Waals surface area contributed by atoms with Crippen LogP contribution in [-0.4, -0.2) is 109 Å². The number of aryl methyl sites for hydroxylation is 1. The topological polar surface area (TPSA) is 173 Å². The number of ether oxygens (including phenoxy) is 4. The van der Waals surface area contributed by atoms with Crippen LogP contribution in [0.25, 0.3) is 11.0 Å². The second-order valence-corrected chi connectivity index (χ2v) is 28.6. The fraction of sp³-hybridized carbons (Fsp3) is 0.397. The van der Waals surface area contributed by atoms with Crippen LogP contribution in [-0.2, 0) is 40.7 Å². The molecule has 5 atom stereocenters. The number of anilines is 1. The van der Waals surface area contributed by atoms with Crippen LogP contribution in [0.1, 0.15) is 104 Å². The quantitative estimate of drug-likeness (QED) is 0.0206. The van der Waals surface area contributed by atoms with Crippen molar-refractivity contribution in [2.45, 2.75) is 128 Å². The third kappa shape index (κ3) is 11.6. The molecular weight excluding hydrogens is 1060 g/mol.